The van der Waals surface area contributed by atoms with Crippen molar-refractivity contribution in [1.29, 1.82) is 0 Å². The first kappa shape index (κ1) is 19.2. The van der Waals surface area contributed by atoms with Crippen LogP contribution in [0.1, 0.15) is 15.4 Å². The Labute approximate surface area is 162 Å². The molecule has 0 atom stereocenters. The SMILES string of the molecule is CN(C)C(=O)c1cc(-c2ccccc2)cc(S(=O)(=O)c2cnc(CN)s2)c1. The average Bonchev–Trinajstić information content (AvgIpc) is 3.17. The number of aromatic nitrogens is 1. The summed E-state index contributed by atoms with van der Waals surface area (Å²) < 4.78 is 26.3. The minimum Gasteiger partial charge on any atom is -0.345 e. The normalized spacial score (nSPS) is 11.4. The number of nitrogens with zero attached hydrogens (tertiary/aromatic N) is 2. The van der Waals surface area contributed by atoms with Crippen LogP contribution in [0.25, 0.3) is 11.1 Å². The molecule has 1 amide bonds. The molecule has 1 aromatic heterocycles. The van der Waals surface area contributed by atoms with Gasteiger partial charge in [-0.1, -0.05) is 30.3 Å². The molecule has 0 radical (unpaired) electrons. The van der Waals surface area contributed by atoms with E-state index in [0.29, 0.717) is 16.1 Å². The lowest BCUT2D eigenvalue weighted by Gasteiger charge is -2.13. The molecule has 0 fully saturated rings. The van der Waals surface area contributed by atoms with Gasteiger partial charge >= 0.3 is 0 Å². The van der Waals surface area contributed by atoms with Crippen LogP contribution in [-0.2, 0) is 16.4 Å². The lowest BCUT2D eigenvalue weighted by atomic mass is 10.0. The number of hydrogen-bond donors (Lipinski definition) is 1. The molecule has 3 rings (SSSR count). The zero-order valence-electron chi connectivity index (χ0n) is 14.9. The summed E-state index contributed by atoms with van der Waals surface area (Å²) in [5.74, 6) is -0.267. The van der Waals surface area contributed by atoms with E-state index in [0.717, 1.165) is 16.9 Å². The molecule has 0 unspecified atom stereocenters. The first-order valence-electron chi connectivity index (χ1n) is 8.15. The van der Waals surface area contributed by atoms with Crippen LogP contribution < -0.4 is 5.73 Å². The third kappa shape index (κ3) is 3.92. The van der Waals surface area contributed by atoms with Gasteiger partial charge in [0.2, 0.25) is 9.84 Å². The summed E-state index contributed by atoms with van der Waals surface area (Å²) in [6, 6.07) is 14.0. The molecule has 1 heterocycles. The molecule has 6 nitrogen and oxygen atoms in total. The van der Waals surface area contributed by atoms with Crippen LogP contribution in [0.3, 0.4) is 0 Å². The molecule has 0 saturated carbocycles. The van der Waals surface area contributed by atoms with E-state index in [1.165, 1.54) is 17.2 Å². The van der Waals surface area contributed by atoms with Crippen LogP contribution in [0.2, 0.25) is 0 Å². The fraction of sp³-hybridized carbons (Fsp3) is 0.158. The Morgan fingerprint density at radius 3 is 2.41 bits per heavy atom. The van der Waals surface area contributed by atoms with Gasteiger partial charge in [0.1, 0.15) is 9.22 Å². The number of sulfone groups is 1. The molecule has 0 spiro atoms. The largest absolute Gasteiger partial charge is 0.345 e. The van der Waals surface area contributed by atoms with E-state index in [1.54, 1.807) is 26.2 Å². The standard InChI is InChI=1S/C19H19N3O3S2/c1-22(2)19(23)15-8-14(13-6-4-3-5-7-13)9-16(10-15)27(24,25)18-12-21-17(11-20)26-18/h3-10,12H,11,20H2,1-2H3. The number of thiazole rings is 1. The molecule has 2 N–H and O–H groups in total. The van der Waals surface area contributed by atoms with Crippen molar-refractivity contribution >= 4 is 27.1 Å². The minimum atomic E-state index is -3.81. The topological polar surface area (TPSA) is 93.4 Å². The van der Waals surface area contributed by atoms with E-state index in [-0.39, 0.29) is 21.6 Å². The van der Waals surface area contributed by atoms with Crippen LogP contribution in [0, 0.1) is 0 Å². The van der Waals surface area contributed by atoms with Gasteiger partial charge in [0, 0.05) is 26.2 Å². The van der Waals surface area contributed by atoms with Crippen LogP contribution in [0.15, 0.2) is 63.8 Å². The van der Waals surface area contributed by atoms with Gasteiger partial charge in [-0.15, -0.1) is 11.3 Å². The van der Waals surface area contributed by atoms with Gasteiger partial charge in [-0.3, -0.25) is 4.79 Å². The molecule has 140 valence electrons. The minimum absolute atomic E-state index is 0.0567. The first-order valence-corrected chi connectivity index (χ1v) is 10.4. The van der Waals surface area contributed by atoms with E-state index in [1.807, 2.05) is 30.3 Å². The smallest absolute Gasteiger partial charge is 0.253 e. The molecule has 0 saturated heterocycles. The fourth-order valence-corrected chi connectivity index (χ4v) is 5.09. The molecule has 27 heavy (non-hydrogen) atoms. The number of carbonyl (C=O) groups is 1. The highest BCUT2D eigenvalue weighted by Crippen LogP contribution is 2.31. The van der Waals surface area contributed by atoms with Crippen LogP contribution in [-0.4, -0.2) is 38.3 Å². The Morgan fingerprint density at radius 2 is 1.81 bits per heavy atom. The average molecular weight is 402 g/mol. The molecule has 0 aliphatic carbocycles. The molecule has 0 bridgehead atoms. The van der Waals surface area contributed by atoms with Crippen molar-refractivity contribution in [2.24, 2.45) is 5.73 Å². The Morgan fingerprint density at radius 1 is 1.11 bits per heavy atom. The van der Waals surface area contributed by atoms with E-state index in [4.69, 9.17) is 5.73 Å². The van der Waals surface area contributed by atoms with Crippen molar-refractivity contribution in [2.75, 3.05) is 14.1 Å². The summed E-state index contributed by atoms with van der Waals surface area (Å²) in [5.41, 5.74) is 7.34. The summed E-state index contributed by atoms with van der Waals surface area (Å²) in [6.45, 7) is 0.175. The second kappa shape index (κ2) is 7.59. The Kier molecular flexibility index (Phi) is 5.41. The van der Waals surface area contributed by atoms with Crippen LogP contribution in [0.5, 0.6) is 0 Å². The number of amides is 1. The van der Waals surface area contributed by atoms with Gasteiger partial charge in [-0.2, -0.15) is 0 Å². The third-order valence-corrected chi connectivity index (χ3v) is 7.16. The van der Waals surface area contributed by atoms with Gasteiger partial charge in [-0.05, 0) is 29.3 Å². The van der Waals surface area contributed by atoms with Gasteiger partial charge in [0.15, 0.2) is 0 Å². The summed E-state index contributed by atoms with van der Waals surface area (Å²) in [6.07, 6.45) is 1.31. The first-order chi connectivity index (χ1) is 12.8. The molecule has 0 aliphatic rings. The molecule has 8 heteroatoms. The van der Waals surface area contributed by atoms with Crippen molar-refractivity contribution in [3.8, 4) is 11.1 Å². The number of rotatable bonds is 5. The highest BCUT2D eigenvalue weighted by Gasteiger charge is 2.24. The number of carbonyl (C=O) groups excluding carboxylic acids is 1. The molecular weight excluding hydrogens is 382 g/mol. The van der Waals surface area contributed by atoms with E-state index < -0.39 is 9.84 Å². The zero-order chi connectivity index (χ0) is 19.6. The predicted molar refractivity (Wildman–Crippen MR) is 105 cm³/mol. The summed E-state index contributed by atoms with van der Waals surface area (Å²) in [4.78, 5) is 18.0. The highest BCUT2D eigenvalue weighted by molar-refractivity contribution is 7.93. The third-order valence-electron chi connectivity index (χ3n) is 3.95. The van der Waals surface area contributed by atoms with Crippen molar-refractivity contribution in [2.45, 2.75) is 15.6 Å². The van der Waals surface area contributed by atoms with Crippen molar-refractivity contribution in [3.05, 3.63) is 65.3 Å². The van der Waals surface area contributed by atoms with Gasteiger partial charge in [0.25, 0.3) is 5.91 Å². The van der Waals surface area contributed by atoms with Crippen LogP contribution >= 0.6 is 11.3 Å². The Hall–Kier alpha value is -2.55. The fourth-order valence-electron chi connectivity index (χ4n) is 2.56. The summed E-state index contributed by atoms with van der Waals surface area (Å²) in [7, 11) is -0.556. The lowest BCUT2D eigenvalue weighted by Crippen LogP contribution is -2.22. The van der Waals surface area contributed by atoms with Crippen molar-refractivity contribution in [1.82, 2.24) is 9.88 Å². The van der Waals surface area contributed by atoms with Gasteiger partial charge < -0.3 is 10.6 Å². The van der Waals surface area contributed by atoms with Gasteiger partial charge in [-0.25, -0.2) is 13.4 Å². The number of hydrogen-bond acceptors (Lipinski definition) is 6. The molecule has 3 aromatic rings. The molecule has 0 aliphatic heterocycles. The van der Waals surface area contributed by atoms with Crippen LogP contribution in [0.4, 0.5) is 0 Å². The Bertz CT molecular complexity index is 1070. The summed E-state index contributed by atoms with van der Waals surface area (Å²) >= 11 is 1.04. The van der Waals surface area contributed by atoms with E-state index >= 15 is 0 Å². The van der Waals surface area contributed by atoms with E-state index in [9.17, 15) is 13.2 Å². The highest BCUT2D eigenvalue weighted by atomic mass is 32.2. The quantitative estimate of drug-likeness (QED) is 0.710. The molecular formula is C19H19N3O3S2. The maximum atomic E-state index is 13.1. The number of nitrogens with two attached hydrogens (primary N) is 1. The van der Waals surface area contributed by atoms with Gasteiger partial charge in [0.05, 0.1) is 11.1 Å². The van der Waals surface area contributed by atoms with Crippen molar-refractivity contribution in [3.63, 3.8) is 0 Å². The monoisotopic (exact) mass is 401 g/mol. The molecule has 2 aromatic carbocycles. The maximum Gasteiger partial charge on any atom is 0.253 e. The van der Waals surface area contributed by atoms with E-state index in [2.05, 4.69) is 4.98 Å². The lowest BCUT2D eigenvalue weighted by molar-refractivity contribution is 0.0827. The second-order valence-electron chi connectivity index (χ2n) is 6.09. The maximum absolute atomic E-state index is 13.1. The Balaban J connectivity index is 2.19. The second-order valence-corrected chi connectivity index (χ2v) is 9.38. The number of benzene rings is 2. The predicted octanol–water partition coefficient (Wildman–Crippen LogP) is 2.80. The van der Waals surface area contributed by atoms with Crippen molar-refractivity contribution < 1.29 is 13.2 Å². The summed E-state index contributed by atoms with van der Waals surface area (Å²) in [5, 5.41) is 0.539. The zero-order valence-corrected chi connectivity index (χ0v) is 16.5.